The maximum atomic E-state index is 11.0. The summed E-state index contributed by atoms with van der Waals surface area (Å²) < 4.78 is 9.79. The molecular weight excluding hydrogens is 246 g/mol. The van der Waals surface area contributed by atoms with E-state index in [-0.39, 0.29) is 0 Å². The van der Waals surface area contributed by atoms with Gasteiger partial charge in [0.15, 0.2) is 12.4 Å². The number of amides is 1. The average Bonchev–Trinajstić information content (AvgIpc) is 2.27. The molecule has 5 atom stereocenters. The molecule has 0 radical (unpaired) electrons. The van der Waals surface area contributed by atoms with Crippen molar-refractivity contribution < 1.29 is 34.4 Å². The minimum absolute atomic E-state index is 0.477. The molecule has 8 nitrogen and oxygen atoms in total. The second-order valence-electron chi connectivity index (χ2n) is 4.04. The molecule has 0 spiro atoms. The van der Waals surface area contributed by atoms with Gasteiger partial charge in [-0.15, -0.1) is 0 Å². The number of hydrogen-bond acceptors (Lipinski definition) is 7. The highest BCUT2D eigenvalue weighted by molar-refractivity contribution is 5.73. The largest absolute Gasteiger partial charge is 0.457 e. The third-order valence-corrected chi connectivity index (χ3v) is 2.54. The number of ether oxygens (including phenoxy) is 2. The van der Waals surface area contributed by atoms with E-state index in [2.05, 4.69) is 5.32 Å². The standard InChI is InChI=1S/C10H17NO7/c1-4(13)11-7-9(17-5(2)14)8(15)6(3-12)18-10(7)16/h6-10,12,15-16H,3H2,1-2H3,(H,11,13)/t6-,7-,8-,9-,10-/m0/s1. The van der Waals surface area contributed by atoms with Crippen molar-refractivity contribution in [1.29, 1.82) is 0 Å². The third-order valence-electron chi connectivity index (χ3n) is 2.54. The minimum atomic E-state index is -1.49. The lowest BCUT2D eigenvalue weighted by atomic mass is 9.96. The lowest BCUT2D eigenvalue weighted by molar-refractivity contribution is -0.258. The number of carbonyl (C=O) groups excluding carboxylic acids is 2. The molecule has 1 fully saturated rings. The van der Waals surface area contributed by atoms with E-state index in [9.17, 15) is 19.8 Å². The SMILES string of the molecule is CC(=O)N[C@H]1[C@H](OC(C)=O)[C@@H](O)[C@H](CO)O[C@@H]1O. The first-order valence-corrected chi connectivity index (χ1v) is 5.43. The van der Waals surface area contributed by atoms with Crippen LogP contribution in [0.5, 0.6) is 0 Å². The van der Waals surface area contributed by atoms with Crippen molar-refractivity contribution in [3.63, 3.8) is 0 Å². The van der Waals surface area contributed by atoms with Crippen molar-refractivity contribution in [2.45, 2.75) is 44.5 Å². The van der Waals surface area contributed by atoms with E-state index >= 15 is 0 Å². The first-order chi connectivity index (χ1) is 8.36. The van der Waals surface area contributed by atoms with Gasteiger partial charge < -0.3 is 30.1 Å². The third kappa shape index (κ3) is 3.39. The molecule has 1 aliphatic rings. The van der Waals surface area contributed by atoms with Crippen LogP contribution in [0.4, 0.5) is 0 Å². The Morgan fingerprint density at radius 2 is 1.94 bits per heavy atom. The average molecular weight is 263 g/mol. The zero-order chi connectivity index (χ0) is 13.9. The number of esters is 1. The van der Waals surface area contributed by atoms with Gasteiger partial charge in [0, 0.05) is 13.8 Å². The summed E-state index contributed by atoms with van der Waals surface area (Å²) >= 11 is 0. The molecule has 0 aromatic carbocycles. The van der Waals surface area contributed by atoms with Crippen molar-refractivity contribution in [1.82, 2.24) is 5.32 Å². The maximum Gasteiger partial charge on any atom is 0.303 e. The van der Waals surface area contributed by atoms with E-state index in [0.717, 1.165) is 6.92 Å². The Balaban J connectivity index is 2.89. The van der Waals surface area contributed by atoms with Gasteiger partial charge in [-0.3, -0.25) is 9.59 Å². The summed E-state index contributed by atoms with van der Waals surface area (Å²) in [5.41, 5.74) is 0. The molecule has 1 aliphatic heterocycles. The van der Waals surface area contributed by atoms with E-state index in [4.69, 9.17) is 14.6 Å². The van der Waals surface area contributed by atoms with Crippen LogP contribution in [-0.4, -0.2) is 64.4 Å². The molecule has 8 heteroatoms. The summed E-state index contributed by atoms with van der Waals surface area (Å²) in [7, 11) is 0. The van der Waals surface area contributed by atoms with Crippen LogP contribution < -0.4 is 5.32 Å². The van der Waals surface area contributed by atoms with Crippen LogP contribution >= 0.6 is 0 Å². The van der Waals surface area contributed by atoms with Gasteiger partial charge in [-0.1, -0.05) is 0 Å². The van der Waals surface area contributed by atoms with E-state index < -0.39 is 49.1 Å². The van der Waals surface area contributed by atoms with Gasteiger partial charge in [-0.05, 0) is 0 Å². The fourth-order valence-electron chi connectivity index (χ4n) is 1.80. The number of carbonyl (C=O) groups is 2. The Kier molecular flexibility index (Phi) is 5.03. The zero-order valence-electron chi connectivity index (χ0n) is 10.1. The lowest BCUT2D eigenvalue weighted by Crippen LogP contribution is -2.65. The Bertz CT molecular complexity index is 321. The Labute approximate surface area is 104 Å². The van der Waals surface area contributed by atoms with Gasteiger partial charge in [0.05, 0.1) is 6.61 Å². The lowest BCUT2D eigenvalue weighted by Gasteiger charge is -2.41. The number of rotatable bonds is 3. The molecular formula is C10H17NO7. The van der Waals surface area contributed by atoms with Gasteiger partial charge in [0.2, 0.25) is 5.91 Å². The minimum Gasteiger partial charge on any atom is -0.457 e. The Hall–Kier alpha value is -1.22. The molecule has 0 aromatic rings. The summed E-state index contributed by atoms with van der Waals surface area (Å²) in [6.45, 7) is 1.79. The van der Waals surface area contributed by atoms with Crippen LogP contribution in [0.3, 0.4) is 0 Å². The molecule has 4 N–H and O–H groups in total. The van der Waals surface area contributed by atoms with Gasteiger partial charge in [-0.25, -0.2) is 0 Å². The molecule has 0 unspecified atom stereocenters. The fourth-order valence-corrected chi connectivity index (χ4v) is 1.80. The second-order valence-corrected chi connectivity index (χ2v) is 4.04. The van der Waals surface area contributed by atoms with Crippen molar-refractivity contribution >= 4 is 11.9 Å². The summed E-state index contributed by atoms with van der Waals surface area (Å²) in [5.74, 6) is -1.16. The predicted octanol–water partition coefficient (Wildman–Crippen LogP) is -2.51. The van der Waals surface area contributed by atoms with Gasteiger partial charge >= 0.3 is 5.97 Å². The fraction of sp³-hybridized carbons (Fsp3) is 0.800. The van der Waals surface area contributed by atoms with E-state index in [0.29, 0.717) is 0 Å². The summed E-state index contributed by atoms with van der Waals surface area (Å²) in [6.07, 6.45) is -5.11. The molecule has 1 rings (SSSR count). The number of aliphatic hydroxyl groups is 3. The normalized spacial score (nSPS) is 35.9. The quantitative estimate of drug-likeness (QED) is 0.414. The molecule has 1 saturated heterocycles. The topological polar surface area (TPSA) is 125 Å². The van der Waals surface area contributed by atoms with Crippen LogP contribution in [0.2, 0.25) is 0 Å². The number of hydrogen-bond donors (Lipinski definition) is 4. The Morgan fingerprint density at radius 1 is 1.33 bits per heavy atom. The second kappa shape index (κ2) is 6.10. The van der Waals surface area contributed by atoms with Gasteiger partial charge in [0.25, 0.3) is 0 Å². The predicted molar refractivity (Wildman–Crippen MR) is 57.1 cm³/mol. The highest BCUT2D eigenvalue weighted by Crippen LogP contribution is 2.22. The number of nitrogens with one attached hydrogen (secondary N) is 1. The Morgan fingerprint density at radius 3 is 2.39 bits per heavy atom. The molecule has 0 bridgehead atoms. The monoisotopic (exact) mass is 263 g/mol. The molecule has 1 heterocycles. The summed E-state index contributed by atoms with van der Waals surface area (Å²) in [5, 5.41) is 30.8. The van der Waals surface area contributed by atoms with Gasteiger partial charge in [-0.2, -0.15) is 0 Å². The number of aliphatic hydroxyl groups excluding tert-OH is 3. The molecule has 0 aromatic heterocycles. The molecule has 1 amide bonds. The van der Waals surface area contributed by atoms with E-state index in [1.165, 1.54) is 6.92 Å². The molecule has 0 saturated carbocycles. The van der Waals surface area contributed by atoms with Crippen LogP contribution in [0.25, 0.3) is 0 Å². The van der Waals surface area contributed by atoms with E-state index in [1.807, 2.05) is 0 Å². The highest BCUT2D eigenvalue weighted by atomic mass is 16.6. The van der Waals surface area contributed by atoms with Crippen LogP contribution in [0.15, 0.2) is 0 Å². The highest BCUT2D eigenvalue weighted by Gasteiger charge is 2.46. The smallest absolute Gasteiger partial charge is 0.303 e. The summed E-state index contributed by atoms with van der Waals surface area (Å²) in [4.78, 5) is 22.0. The molecule has 18 heavy (non-hydrogen) atoms. The first-order valence-electron chi connectivity index (χ1n) is 5.43. The van der Waals surface area contributed by atoms with Crippen molar-refractivity contribution in [2.75, 3.05) is 6.61 Å². The van der Waals surface area contributed by atoms with E-state index in [1.54, 1.807) is 0 Å². The maximum absolute atomic E-state index is 11.0. The van der Waals surface area contributed by atoms with Crippen molar-refractivity contribution in [3.05, 3.63) is 0 Å². The summed E-state index contributed by atoms with van der Waals surface area (Å²) in [6, 6.07) is -1.09. The molecule has 0 aliphatic carbocycles. The molecule has 104 valence electrons. The van der Waals surface area contributed by atoms with Gasteiger partial charge in [0.1, 0.15) is 18.2 Å². The van der Waals surface area contributed by atoms with Crippen LogP contribution in [0, 0.1) is 0 Å². The zero-order valence-corrected chi connectivity index (χ0v) is 10.1. The van der Waals surface area contributed by atoms with Crippen molar-refractivity contribution in [3.8, 4) is 0 Å². The van der Waals surface area contributed by atoms with Crippen LogP contribution in [0.1, 0.15) is 13.8 Å². The first kappa shape index (κ1) is 14.8. The van der Waals surface area contributed by atoms with Crippen molar-refractivity contribution in [2.24, 2.45) is 0 Å². The van der Waals surface area contributed by atoms with Crippen LogP contribution in [-0.2, 0) is 19.1 Å².